The van der Waals surface area contributed by atoms with E-state index in [1.165, 1.54) is 24.4 Å². The second kappa shape index (κ2) is 11.4. The van der Waals surface area contributed by atoms with Gasteiger partial charge in [0.25, 0.3) is 17.4 Å². The topological polar surface area (TPSA) is 73.5 Å². The first-order chi connectivity index (χ1) is 19.5. The molecule has 6 nitrogen and oxygen atoms in total. The third-order valence-corrected chi connectivity index (χ3v) is 7.43. The van der Waals surface area contributed by atoms with Gasteiger partial charge in [-0.2, -0.15) is 13.2 Å². The molecule has 1 fully saturated rings. The van der Waals surface area contributed by atoms with E-state index in [9.17, 15) is 27.6 Å². The van der Waals surface area contributed by atoms with Crippen LogP contribution in [-0.4, -0.2) is 46.2 Å². The van der Waals surface area contributed by atoms with Gasteiger partial charge in [0.2, 0.25) is 0 Å². The van der Waals surface area contributed by atoms with Crippen molar-refractivity contribution in [2.45, 2.75) is 12.2 Å². The second-order valence-electron chi connectivity index (χ2n) is 9.53. The number of hydrogen-bond acceptors (Lipinski definition) is 3. The molecule has 1 saturated heterocycles. The van der Waals surface area contributed by atoms with Gasteiger partial charge in [0.15, 0.2) is 0 Å². The predicted molar refractivity (Wildman–Crippen MR) is 150 cm³/mol. The minimum Gasteiger partial charge on any atom is -0.334 e. The number of benzene rings is 3. The van der Waals surface area contributed by atoms with Crippen LogP contribution >= 0.6 is 23.2 Å². The number of hydrogen-bond donors (Lipinski definition) is 1. The molecule has 3 aromatic carbocycles. The van der Waals surface area contributed by atoms with Crippen molar-refractivity contribution in [1.29, 1.82) is 0 Å². The van der Waals surface area contributed by atoms with Crippen LogP contribution in [0.5, 0.6) is 0 Å². The Morgan fingerprint density at radius 3 is 2.15 bits per heavy atom. The van der Waals surface area contributed by atoms with Gasteiger partial charge in [-0.1, -0.05) is 47.5 Å². The zero-order chi connectivity index (χ0) is 29.3. The zero-order valence-corrected chi connectivity index (χ0v) is 22.8. The molecule has 2 heterocycles. The number of nitrogens with one attached hydrogen (secondary N) is 1. The first kappa shape index (κ1) is 28.4. The summed E-state index contributed by atoms with van der Waals surface area (Å²) in [6, 6.07) is 18.7. The van der Waals surface area contributed by atoms with Crippen LogP contribution in [0.15, 0.2) is 89.9 Å². The molecule has 0 spiro atoms. The number of nitrogens with zero attached hydrogens (tertiary/aromatic N) is 2. The first-order valence-electron chi connectivity index (χ1n) is 12.5. The minimum atomic E-state index is -4.59. The molecule has 5 rings (SSSR count). The Morgan fingerprint density at radius 1 is 0.829 bits per heavy atom. The lowest BCUT2D eigenvalue weighted by Crippen LogP contribution is -2.52. The second-order valence-corrected chi connectivity index (χ2v) is 10.4. The Balaban J connectivity index is 1.45. The third kappa shape index (κ3) is 6.16. The number of amides is 2. The van der Waals surface area contributed by atoms with Gasteiger partial charge in [-0.05, 0) is 65.7 Å². The van der Waals surface area contributed by atoms with E-state index in [1.807, 2.05) is 0 Å². The van der Waals surface area contributed by atoms with E-state index in [0.717, 1.165) is 17.7 Å². The lowest BCUT2D eigenvalue weighted by molar-refractivity contribution is -0.137. The van der Waals surface area contributed by atoms with E-state index in [4.69, 9.17) is 23.2 Å². The summed E-state index contributed by atoms with van der Waals surface area (Å²) < 4.78 is 39.8. The highest BCUT2D eigenvalue weighted by atomic mass is 35.5. The molecule has 41 heavy (non-hydrogen) atoms. The minimum absolute atomic E-state index is 0.0353. The van der Waals surface area contributed by atoms with Crippen LogP contribution in [0.4, 0.5) is 13.2 Å². The number of halogens is 5. The molecule has 1 atom stereocenters. The van der Waals surface area contributed by atoms with E-state index >= 15 is 0 Å². The summed E-state index contributed by atoms with van der Waals surface area (Å²) in [5, 5.41) is 1.01. The van der Waals surface area contributed by atoms with Crippen molar-refractivity contribution >= 4 is 35.0 Å². The summed E-state index contributed by atoms with van der Waals surface area (Å²) in [6.07, 6.45) is -3.35. The van der Waals surface area contributed by atoms with Crippen LogP contribution in [0, 0.1) is 0 Å². The van der Waals surface area contributed by atoms with Gasteiger partial charge in [0, 0.05) is 47.0 Å². The van der Waals surface area contributed by atoms with Crippen LogP contribution in [0.25, 0.3) is 11.1 Å². The maximum Gasteiger partial charge on any atom is 0.416 e. The van der Waals surface area contributed by atoms with Gasteiger partial charge in [-0.15, -0.1) is 0 Å². The molecule has 1 N–H and O–H groups in total. The molecule has 0 bridgehead atoms. The summed E-state index contributed by atoms with van der Waals surface area (Å²) in [7, 11) is 0. The van der Waals surface area contributed by atoms with Crippen molar-refractivity contribution in [3.05, 3.63) is 128 Å². The summed E-state index contributed by atoms with van der Waals surface area (Å²) >= 11 is 12.1. The quantitative estimate of drug-likeness (QED) is 0.283. The number of H-pyrrole nitrogens is 1. The molecular weight excluding hydrogens is 578 g/mol. The molecule has 2 amide bonds. The largest absolute Gasteiger partial charge is 0.416 e. The van der Waals surface area contributed by atoms with Crippen LogP contribution in [0.3, 0.4) is 0 Å². The number of alkyl halides is 3. The number of piperazine rings is 1. The van der Waals surface area contributed by atoms with Gasteiger partial charge < -0.3 is 14.8 Å². The van der Waals surface area contributed by atoms with Gasteiger partial charge in [0.05, 0.1) is 17.2 Å². The van der Waals surface area contributed by atoms with Crippen molar-refractivity contribution in [1.82, 2.24) is 14.8 Å². The highest BCUT2D eigenvalue weighted by Crippen LogP contribution is 2.32. The summed E-state index contributed by atoms with van der Waals surface area (Å²) in [6.45, 7) is 0.544. The lowest BCUT2D eigenvalue weighted by Gasteiger charge is -2.42. The average molecular weight is 600 g/mol. The van der Waals surface area contributed by atoms with Crippen LogP contribution in [0.2, 0.25) is 10.0 Å². The Labute approximate surface area is 242 Å². The molecule has 1 unspecified atom stereocenters. The summed E-state index contributed by atoms with van der Waals surface area (Å²) in [4.78, 5) is 45.3. The van der Waals surface area contributed by atoms with E-state index < -0.39 is 29.2 Å². The van der Waals surface area contributed by atoms with Gasteiger partial charge in [-0.3, -0.25) is 14.4 Å². The van der Waals surface area contributed by atoms with Crippen molar-refractivity contribution in [2.75, 3.05) is 19.6 Å². The number of rotatable bonds is 4. The van der Waals surface area contributed by atoms with Crippen LogP contribution in [0.1, 0.15) is 37.9 Å². The van der Waals surface area contributed by atoms with Crippen LogP contribution < -0.4 is 5.56 Å². The monoisotopic (exact) mass is 599 g/mol. The molecule has 1 aliphatic rings. The maximum absolute atomic E-state index is 13.6. The number of aromatic nitrogens is 1. The fraction of sp³-hybridized carbons (Fsp3) is 0.167. The molecular formula is C30H22Cl2F3N3O3. The lowest BCUT2D eigenvalue weighted by atomic mass is 9.99. The molecule has 1 aliphatic heterocycles. The Kier molecular flexibility index (Phi) is 7.93. The van der Waals surface area contributed by atoms with E-state index in [2.05, 4.69) is 4.98 Å². The highest BCUT2D eigenvalue weighted by molar-refractivity contribution is 6.30. The van der Waals surface area contributed by atoms with Gasteiger partial charge in [0.1, 0.15) is 0 Å². The van der Waals surface area contributed by atoms with E-state index in [0.29, 0.717) is 15.6 Å². The normalized spacial score (nSPS) is 15.6. The summed E-state index contributed by atoms with van der Waals surface area (Å²) in [5.41, 5.74) is -0.248. The Morgan fingerprint density at radius 2 is 1.49 bits per heavy atom. The smallest absolute Gasteiger partial charge is 0.334 e. The third-order valence-electron chi connectivity index (χ3n) is 6.93. The molecule has 0 radical (unpaired) electrons. The van der Waals surface area contributed by atoms with E-state index in [-0.39, 0.29) is 42.2 Å². The molecule has 0 aliphatic carbocycles. The first-order valence-corrected chi connectivity index (χ1v) is 13.3. The van der Waals surface area contributed by atoms with E-state index in [1.54, 1.807) is 58.3 Å². The molecule has 4 aromatic rings. The highest BCUT2D eigenvalue weighted by Gasteiger charge is 2.35. The SMILES string of the molecule is O=C(c1c[nH]c(=O)c(-c2cccc(C(F)(F)F)c2)c1)N1CCN(C(=O)c2ccc(Cl)cc2)C(c2ccc(Cl)cc2)C1. The standard InChI is InChI=1S/C30H22Cl2F3N3O3/c31-23-8-4-18(5-9-23)26-17-37(12-13-38(26)29(41)19-6-10-24(32)11-7-19)28(40)21-15-25(27(39)36-16-21)20-2-1-3-22(14-20)30(33,34)35/h1-11,14-16,26H,12-13,17H2,(H,36,39). The predicted octanol–water partition coefficient (Wildman–Crippen LogP) is 6.71. The van der Waals surface area contributed by atoms with Crippen molar-refractivity contribution in [3.63, 3.8) is 0 Å². The molecule has 0 saturated carbocycles. The Bertz CT molecular complexity index is 1650. The van der Waals surface area contributed by atoms with Gasteiger partial charge >= 0.3 is 6.18 Å². The number of aromatic amines is 1. The van der Waals surface area contributed by atoms with Gasteiger partial charge in [-0.25, -0.2) is 0 Å². The van der Waals surface area contributed by atoms with Crippen molar-refractivity contribution in [2.24, 2.45) is 0 Å². The zero-order valence-electron chi connectivity index (χ0n) is 21.3. The Hall–Kier alpha value is -4.08. The maximum atomic E-state index is 13.6. The number of carbonyl (C=O) groups is 2. The number of carbonyl (C=O) groups excluding carboxylic acids is 2. The molecule has 1 aromatic heterocycles. The van der Waals surface area contributed by atoms with Crippen molar-refractivity contribution < 1.29 is 22.8 Å². The average Bonchev–Trinajstić information content (AvgIpc) is 2.97. The fourth-order valence-electron chi connectivity index (χ4n) is 4.81. The molecule has 11 heteroatoms. The summed E-state index contributed by atoms with van der Waals surface area (Å²) in [5.74, 6) is -0.670. The van der Waals surface area contributed by atoms with Crippen LogP contribution in [-0.2, 0) is 6.18 Å². The molecule has 210 valence electrons. The number of pyridine rings is 1. The fourth-order valence-corrected chi connectivity index (χ4v) is 5.06. The van der Waals surface area contributed by atoms with Crippen molar-refractivity contribution in [3.8, 4) is 11.1 Å².